The van der Waals surface area contributed by atoms with Crippen molar-refractivity contribution in [2.45, 2.75) is 12.8 Å². The maximum atomic E-state index is 11.2. The van der Waals surface area contributed by atoms with Crippen LogP contribution in [-0.4, -0.2) is 75.3 Å². The molecule has 0 atom stereocenters. The molecule has 0 saturated heterocycles. The van der Waals surface area contributed by atoms with Crippen molar-refractivity contribution in [3.05, 3.63) is 0 Å². The minimum Gasteiger partial charge on any atom is -0.349 e. The van der Waals surface area contributed by atoms with Gasteiger partial charge < -0.3 is 9.80 Å². The molecular formula is C12H22N4O2. The van der Waals surface area contributed by atoms with Crippen molar-refractivity contribution in [3.63, 3.8) is 0 Å². The van der Waals surface area contributed by atoms with Crippen molar-refractivity contribution in [2.75, 3.05) is 41.3 Å². The molecule has 2 amide bonds. The average Bonchev–Trinajstić information content (AvgIpc) is 2.31. The standard InChI is InChI=1S/C12H22N4O2/c1-15(2)11(17)5-7-13-9-10-14-8-6-12(18)16(3)4/h7-8H,5-6,9-10H2,1-4H3. The predicted molar refractivity (Wildman–Crippen MR) is 73.3 cm³/mol. The van der Waals surface area contributed by atoms with E-state index in [4.69, 9.17) is 0 Å². The molecule has 18 heavy (non-hydrogen) atoms. The lowest BCUT2D eigenvalue weighted by molar-refractivity contribution is -0.128. The molecule has 0 rings (SSSR count). The van der Waals surface area contributed by atoms with E-state index in [0.29, 0.717) is 25.9 Å². The van der Waals surface area contributed by atoms with Gasteiger partial charge in [0.05, 0.1) is 25.9 Å². The first kappa shape index (κ1) is 16.3. The zero-order chi connectivity index (χ0) is 14.0. The Bertz CT molecular complexity index is 290. The average molecular weight is 254 g/mol. The maximum absolute atomic E-state index is 11.2. The first-order valence-electron chi connectivity index (χ1n) is 5.82. The number of carbonyl (C=O) groups is 2. The summed E-state index contributed by atoms with van der Waals surface area (Å²) in [6.45, 7) is 1.07. The van der Waals surface area contributed by atoms with E-state index in [1.54, 1.807) is 40.6 Å². The molecule has 0 aromatic carbocycles. The van der Waals surface area contributed by atoms with Gasteiger partial charge in [0, 0.05) is 40.6 Å². The monoisotopic (exact) mass is 254 g/mol. The summed E-state index contributed by atoms with van der Waals surface area (Å²) in [6.07, 6.45) is 3.83. The Morgan fingerprint density at radius 1 is 0.833 bits per heavy atom. The zero-order valence-corrected chi connectivity index (χ0v) is 11.6. The van der Waals surface area contributed by atoms with Crippen LogP contribution in [0.1, 0.15) is 12.8 Å². The van der Waals surface area contributed by atoms with Crippen LogP contribution >= 0.6 is 0 Å². The van der Waals surface area contributed by atoms with Gasteiger partial charge >= 0.3 is 0 Å². The van der Waals surface area contributed by atoms with Crippen molar-refractivity contribution in [2.24, 2.45) is 9.98 Å². The Labute approximate surface area is 108 Å². The van der Waals surface area contributed by atoms with Gasteiger partial charge in [-0.05, 0) is 0 Å². The Morgan fingerprint density at radius 3 is 1.44 bits per heavy atom. The molecular weight excluding hydrogens is 232 g/mol. The molecule has 6 heteroatoms. The van der Waals surface area contributed by atoms with E-state index in [2.05, 4.69) is 9.98 Å². The number of amides is 2. The molecule has 0 unspecified atom stereocenters. The van der Waals surface area contributed by atoms with E-state index in [1.807, 2.05) is 0 Å². The zero-order valence-electron chi connectivity index (χ0n) is 11.6. The van der Waals surface area contributed by atoms with Gasteiger partial charge in [-0.1, -0.05) is 0 Å². The van der Waals surface area contributed by atoms with Gasteiger partial charge in [-0.2, -0.15) is 0 Å². The summed E-state index contributed by atoms with van der Waals surface area (Å²) < 4.78 is 0. The lowest BCUT2D eigenvalue weighted by Crippen LogP contribution is -2.21. The van der Waals surface area contributed by atoms with Crippen LogP contribution in [0.15, 0.2) is 9.98 Å². The summed E-state index contributed by atoms with van der Waals surface area (Å²) in [5.74, 6) is 0.0534. The Hall–Kier alpha value is -1.72. The maximum Gasteiger partial charge on any atom is 0.227 e. The molecule has 0 bridgehead atoms. The second-order valence-corrected chi connectivity index (χ2v) is 4.16. The molecule has 0 aromatic rings. The Kier molecular flexibility index (Phi) is 8.43. The highest BCUT2D eigenvalue weighted by Gasteiger charge is 2.00. The summed E-state index contributed by atoms with van der Waals surface area (Å²) in [7, 11) is 6.84. The van der Waals surface area contributed by atoms with Gasteiger partial charge in [-0.25, -0.2) is 0 Å². The van der Waals surface area contributed by atoms with E-state index < -0.39 is 0 Å². The van der Waals surface area contributed by atoms with Gasteiger partial charge in [0.2, 0.25) is 11.8 Å². The summed E-state index contributed by atoms with van der Waals surface area (Å²) in [6, 6.07) is 0. The molecule has 0 radical (unpaired) electrons. The molecule has 0 aromatic heterocycles. The molecule has 0 fully saturated rings. The summed E-state index contributed by atoms with van der Waals surface area (Å²) in [5.41, 5.74) is 0. The minimum absolute atomic E-state index is 0.0267. The predicted octanol–water partition coefficient (Wildman–Crippen LogP) is 0.0846. The van der Waals surface area contributed by atoms with E-state index >= 15 is 0 Å². The number of carbonyl (C=O) groups excluding carboxylic acids is 2. The van der Waals surface area contributed by atoms with Crippen molar-refractivity contribution in [1.29, 1.82) is 0 Å². The lowest BCUT2D eigenvalue weighted by Gasteiger charge is -2.06. The van der Waals surface area contributed by atoms with E-state index in [0.717, 1.165) is 0 Å². The van der Waals surface area contributed by atoms with Gasteiger partial charge in [0.25, 0.3) is 0 Å². The highest BCUT2D eigenvalue weighted by molar-refractivity contribution is 5.90. The van der Waals surface area contributed by atoms with Crippen molar-refractivity contribution in [3.8, 4) is 0 Å². The molecule has 0 spiro atoms. The van der Waals surface area contributed by atoms with Crippen LogP contribution in [0.4, 0.5) is 0 Å². The van der Waals surface area contributed by atoms with Gasteiger partial charge in [-0.15, -0.1) is 0 Å². The summed E-state index contributed by atoms with van der Waals surface area (Å²) >= 11 is 0. The Morgan fingerprint density at radius 2 is 1.17 bits per heavy atom. The van der Waals surface area contributed by atoms with Crippen LogP contribution in [0.5, 0.6) is 0 Å². The first-order valence-corrected chi connectivity index (χ1v) is 5.82. The van der Waals surface area contributed by atoms with E-state index in [1.165, 1.54) is 9.80 Å². The normalized spacial score (nSPS) is 11.1. The Balaban J connectivity index is 3.62. The van der Waals surface area contributed by atoms with Crippen molar-refractivity contribution < 1.29 is 9.59 Å². The van der Waals surface area contributed by atoms with Crippen LogP contribution < -0.4 is 0 Å². The number of rotatable bonds is 7. The van der Waals surface area contributed by atoms with Crippen LogP contribution in [-0.2, 0) is 9.59 Å². The van der Waals surface area contributed by atoms with E-state index in [-0.39, 0.29) is 11.8 Å². The molecule has 0 aliphatic carbocycles. The molecule has 0 heterocycles. The molecule has 0 saturated carbocycles. The molecule has 102 valence electrons. The molecule has 6 nitrogen and oxygen atoms in total. The fourth-order valence-electron chi connectivity index (χ4n) is 0.948. The summed E-state index contributed by atoms with van der Waals surface area (Å²) in [5, 5.41) is 0. The lowest BCUT2D eigenvalue weighted by atomic mass is 10.4. The second kappa shape index (κ2) is 9.32. The molecule has 0 aliphatic heterocycles. The van der Waals surface area contributed by atoms with E-state index in [9.17, 15) is 9.59 Å². The number of hydrogen-bond acceptors (Lipinski definition) is 4. The highest BCUT2D eigenvalue weighted by Crippen LogP contribution is 1.85. The molecule has 0 aliphatic rings. The number of nitrogens with zero attached hydrogens (tertiary/aromatic N) is 4. The third-order valence-corrected chi connectivity index (χ3v) is 2.15. The van der Waals surface area contributed by atoms with Gasteiger partial charge in [0.15, 0.2) is 0 Å². The third-order valence-electron chi connectivity index (χ3n) is 2.15. The van der Waals surface area contributed by atoms with Crippen molar-refractivity contribution >= 4 is 24.2 Å². The number of hydrogen-bond donors (Lipinski definition) is 0. The second-order valence-electron chi connectivity index (χ2n) is 4.16. The van der Waals surface area contributed by atoms with Crippen LogP contribution in [0.25, 0.3) is 0 Å². The first-order chi connectivity index (χ1) is 8.45. The topological polar surface area (TPSA) is 65.3 Å². The van der Waals surface area contributed by atoms with Crippen LogP contribution in [0.3, 0.4) is 0 Å². The minimum atomic E-state index is 0.0267. The fraction of sp³-hybridized carbons (Fsp3) is 0.667. The van der Waals surface area contributed by atoms with Crippen molar-refractivity contribution in [1.82, 2.24) is 9.80 Å². The molecule has 0 N–H and O–H groups in total. The smallest absolute Gasteiger partial charge is 0.227 e. The van der Waals surface area contributed by atoms with Crippen LogP contribution in [0, 0.1) is 0 Å². The summed E-state index contributed by atoms with van der Waals surface area (Å²) in [4.78, 5) is 33.5. The third kappa shape index (κ3) is 8.43. The van der Waals surface area contributed by atoms with Gasteiger partial charge in [-0.3, -0.25) is 19.6 Å². The quantitative estimate of drug-likeness (QED) is 0.477. The van der Waals surface area contributed by atoms with Crippen LogP contribution in [0.2, 0.25) is 0 Å². The largest absolute Gasteiger partial charge is 0.349 e. The van der Waals surface area contributed by atoms with Gasteiger partial charge in [0.1, 0.15) is 0 Å². The highest BCUT2D eigenvalue weighted by atomic mass is 16.2. The SMILES string of the molecule is CN(C)C(=O)CC=NCCN=CCC(=O)N(C)C. The fourth-order valence-corrected chi connectivity index (χ4v) is 0.948. The number of aliphatic imine (C=N–C) groups is 2.